The molecule has 0 spiro atoms. The van der Waals surface area contributed by atoms with Crippen molar-refractivity contribution >= 4 is 33.9 Å². The Bertz CT molecular complexity index is 690. The van der Waals surface area contributed by atoms with Crippen LogP contribution >= 0.6 is 22.9 Å². The zero-order valence-corrected chi connectivity index (χ0v) is 12.8. The van der Waals surface area contributed by atoms with Gasteiger partial charge in [-0.2, -0.15) is 11.3 Å². The Morgan fingerprint density at radius 3 is 2.95 bits per heavy atom. The second-order valence-corrected chi connectivity index (χ2v) is 5.94. The Hall–Kier alpha value is -1.29. The maximum absolute atomic E-state index is 6.19. The Labute approximate surface area is 127 Å². The molecule has 0 saturated carbocycles. The molecule has 2 heterocycles. The first-order valence-corrected chi connectivity index (χ1v) is 8.05. The third-order valence-corrected chi connectivity index (χ3v) is 4.27. The molecule has 0 radical (unpaired) electrons. The van der Waals surface area contributed by atoms with Crippen molar-refractivity contribution in [2.24, 2.45) is 0 Å². The molecule has 0 saturated heterocycles. The molecule has 0 amide bonds. The third-order valence-electron chi connectivity index (χ3n) is 3.27. The van der Waals surface area contributed by atoms with E-state index in [9.17, 15) is 0 Å². The van der Waals surface area contributed by atoms with Crippen LogP contribution in [0.3, 0.4) is 0 Å². The molecule has 2 aromatic heterocycles. The summed E-state index contributed by atoms with van der Waals surface area (Å²) >= 11 is 7.89. The van der Waals surface area contributed by atoms with Crippen LogP contribution in [0, 0.1) is 0 Å². The molecule has 0 aliphatic carbocycles. The number of para-hydroxylation sites is 1. The lowest BCUT2D eigenvalue weighted by Gasteiger charge is -2.14. The number of nitrogens with one attached hydrogen (secondary N) is 1. The molecule has 2 nitrogen and oxygen atoms in total. The maximum Gasteiger partial charge on any atom is 0.152 e. The highest BCUT2D eigenvalue weighted by atomic mass is 35.5. The van der Waals surface area contributed by atoms with Crippen LogP contribution in [0.2, 0.25) is 5.02 Å². The van der Waals surface area contributed by atoms with Gasteiger partial charge in [0.25, 0.3) is 0 Å². The first-order chi connectivity index (χ1) is 9.79. The van der Waals surface area contributed by atoms with E-state index in [0.717, 1.165) is 29.7 Å². The van der Waals surface area contributed by atoms with Crippen LogP contribution < -0.4 is 5.32 Å². The first-order valence-electron chi connectivity index (χ1n) is 6.73. The number of benzene rings is 1. The molecule has 0 fully saturated rings. The average Bonchev–Trinajstić information content (AvgIpc) is 3.09. The van der Waals surface area contributed by atoms with Gasteiger partial charge in [0.1, 0.15) is 5.76 Å². The van der Waals surface area contributed by atoms with E-state index in [2.05, 4.69) is 35.1 Å². The van der Waals surface area contributed by atoms with Crippen molar-refractivity contribution in [2.45, 2.75) is 19.4 Å². The van der Waals surface area contributed by atoms with Crippen molar-refractivity contribution in [1.82, 2.24) is 5.32 Å². The van der Waals surface area contributed by atoms with Gasteiger partial charge in [0.2, 0.25) is 0 Å². The predicted octanol–water partition coefficient (Wildman–Crippen LogP) is 5.24. The molecule has 0 bridgehead atoms. The van der Waals surface area contributed by atoms with Crippen molar-refractivity contribution < 1.29 is 4.42 Å². The highest BCUT2D eigenvalue weighted by molar-refractivity contribution is 7.08. The molecule has 3 rings (SSSR count). The molecule has 4 heteroatoms. The largest absolute Gasteiger partial charge is 0.457 e. The SMILES string of the molecule is CCCNC(c1ccsc1)c1cc2cccc(Cl)c2o1. The average molecular weight is 306 g/mol. The molecule has 3 aromatic rings. The molecule has 1 aromatic carbocycles. The number of fused-ring (bicyclic) bond motifs is 1. The molecular formula is C16H16ClNOS. The lowest BCUT2D eigenvalue weighted by atomic mass is 10.1. The normalized spacial score (nSPS) is 12.9. The van der Waals surface area contributed by atoms with E-state index in [1.54, 1.807) is 11.3 Å². The van der Waals surface area contributed by atoms with Gasteiger partial charge in [-0.25, -0.2) is 0 Å². The Morgan fingerprint density at radius 1 is 1.35 bits per heavy atom. The second kappa shape index (κ2) is 6.00. The fraction of sp³-hybridized carbons (Fsp3) is 0.250. The van der Waals surface area contributed by atoms with Crippen molar-refractivity contribution in [1.29, 1.82) is 0 Å². The minimum atomic E-state index is 0.0877. The van der Waals surface area contributed by atoms with E-state index >= 15 is 0 Å². The molecule has 1 N–H and O–H groups in total. The van der Waals surface area contributed by atoms with Gasteiger partial charge in [0.15, 0.2) is 5.58 Å². The number of furan rings is 1. The topological polar surface area (TPSA) is 25.2 Å². The summed E-state index contributed by atoms with van der Waals surface area (Å²) in [5.74, 6) is 0.917. The second-order valence-electron chi connectivity index (χ2n) is 4.75. The Morgan fingerprint density at radius 2 is 2.25 bits per heavy atom. The molecular weight excluding hydrogens is 290 g/mol. The van der Waals surface area contributed by atoms with E-state index < -0.39 is 0 Å². The molecule has 104 valence electrons. The highest BCUT2D eigenvalue weighted by Gasteiger charge is 2.19. The molecule has 20 heavy (non-hydrogen) atoms. The van der Waals surface area contributed by atoms with Gasteiger partial charge in [-0.05, 0) is 47.5 Å². The van der Waals surface area contributed by atoms with E-state index in [4.69, 9.17) is 16.0 Å². The van der Waals surface area contributed by atoms with Crippen molar-refractivity contribution in [3.05, 3.63) is 57.4 Å². The van der Waals surface area contributed by atoms with Gasteiger partial charge in [-0.15, -0.1) is 0 Å². The van der Waals surface area contributed by atoms with Crippen LogP contribution in [0.4, 0.5) is 0 Å². The lowest BCUT2D eigenvalue weighted by molar-refractivity contribution is 0.470. The summed E-state index contributed by atoms with van der Waals surface area (Å²) < 4.78 is 5.99. The van der Waals surface area contributed by atoms with Gasteiger partial charge in [0, 0.05) is 5.39 Å². The van der Waals surface area contributed by atoms with Crippen molar-refractivity contribution in [2.75, 3.05) is 6.54 Å². The minimum absolute atomic E-state index is 0.0877. The van der Waals surface area contributed by atoms with Gasteiger partial charge < -0.3 is 9.73 Å². The summed E-state index contributed by atoms with van der Waals surface area (Å²) in [5, 5.41) is 9.49. The first kappa shape index (κ1) is 13.7. The zero-order chi connectivity index (χ0) is 13.9. The lowest BCUT2D eigenvalue weighted by Crippen LogP contribution is -2.22. The van der Waals surface area contributed by atoms with E-state index in [0.29, 0.717) is 5.02 Å². The number of rotatable bonds is 5. The summed E-state index contributed by atoms with van der Waals surface area (Å²) in [6, 6.07) is 10.1. The fourth-order valence-corrected chi connectivity index (χ4v) is 3.21. The maximum atomic E-state index is 6.19. The van der Waals surface area contributed by atoms with Crippen LogP contribution in [0.1, 0.15) is 30.7 Å². The highest BCUT2D eigenvalue weighted by Crippen LogP contribution is 2.32. The number of hydrogen-bond donors (Lipinski definition) is 1. The number of halogens is 1. The van der Waals surface area contributed by atoms with Crippen molar-refractivity contribution in [3.63, 3.8) is 0 Å². The fourth-order valence-electron chi connectivity index (χ4n) is 2.30. The summed E-state index contributed by atoms with van der Waals surface area (Å²) in [6.07, 6.45) is 1.08. The molecule has 0 aliphatic heterocycles. The zero-order valence-electron chi connectivity index (χ0n) is 11.2. The molecule has 1 atom stereocenters. The van der Waals surface area contributed by atoms with Crippen LogP contribution in [0.15, 0.2) is 45.5 Å². The summed E-state index contributed by atoms with van der Waals surface area (Å²) in [6.45, 7) is 3.11. The number of hydrogen-bond acceptors (Lipinski definition) is 3. The van der Waals surface area contributed by atoms with E-state index in [1.165, 1.54) is 5.56 Å². The van der Waals surface area contributed by atoms with Crippen LogP contribution in [0.5, 0.6) is 0 Å². The summed E-state index contributed by atoms with van der Waals surface area (Å²) in [7, 11) is 0. The smallest absolute Gasteiger partial charge is 0.152 e. The predicted molar refractivity (Wildman–Crippen MR) is 85.7 cm³/mol. The summed E-state index contributed by atoms with van der Waals surface area (Å²) in [5.41, 5.74) is 2.00. The monoisotopic (exact) mass is 305 g/mol. The van der Waals surface area contributed by atoms with Gasteiger partial charge >= 0.3 is 0 Å². The summed E-state index contributed by atoms with van der Waals surface area (Å²) in [4.78, 5) is 0. The Kier molecular flexibility index (Phi) is 4.10. The van der Waals surface area contributed by atoms with E-state index in [-0.39, 0.29) is 6.04 Å². The van der Waals surface area contributed by atoms with Crippen molar-refractivity contribution in [3.8, 4) is 0 Å². The van der Waals surface area contributed by atoms with Gasteiger partial charge in [-0.3, -0.25) is 0 Å². The van der Waals surface area contributed by atoms with Crippen LogP contribution in [-0.2, 0) is 0 Å². The molecule has 1 unspecified atom stereocenters. The minimum Gasteiger partial charge on any atom is -0.457 e. The third kappa shape index (κ3) is 2.62. The quantitative estimate of drug-likeness (QED) is 0.697. The standard InChI is InChI=1S/C16H16ClNOS/c1-2-7-18-15(12-6-8-20-10-12)14-9-11-4-3-5-13(17)16(11)19-14/h3-6,8-10,15,18H,2,7H2,1H3. The Balaban J connectivity index is 2.02. The molecule has 0 aliphatic rings. The van der Waals surface area contributed by atoms with Gasteiger partial charge in [0.05, 0.1) is 11.1 Å². The number of thiophene rings is 1. The van der Waals surface area contributed by atoms with Gasteiger partial charge in [-0.1, -0.05) is 30.7 Å². The van der Waals surface area contributed by atoms with Crippen LogP contribution in [0.25, 0.3) is 11.0 Å². The van der Waals surface area contributed by atoms with E-state index in [1.807, 2.05) is 18.2 Å². The van der Waals surface area contributed by atoms with Crippen LogP contribution in [-0.4, -0.2) is 6.54 Å².